The zero-order valence-corrected chi connectivity index (χ0v) is 9.84. The zero-order valence-electron chi connectivity index (χ0n) is 9.84. The average molecular weight is 214 g/mol. The van der Waals surface area contributed by atoms with E-state index in [2.05, 4.69) is 10.6 Å². The van der Waals surface area contributed by atoms with Gasteiger partial charge in [-0.05, 0) is 46.6 Å². The molecule has 0 unspecified atom stereocenters. The van der Waals surface area contributed by atoms with E-state index in [9.17, 15) is 9.90 Å². The highest BCUT2D eigenvalue weighted by Gasteiger charge is 2.28. The third kappa shape index (κ3) is 3.47. The fourth-order valence-corrected chi connectivity index (χ4v) is 1.70. The van der Waals surface area contributed by atoms with Crippen molar-refractivity contribution in [2.24, 2.45) is 0 Å². The molecule has 0 bridgehead atoms. The maximum Gasteiger partial charge on any atom is 0.239 e. The Balaban J connectivity index is 2.39. The summed E-state index contributed by atoms with van der Waals surface area (Å²) >= 11 is 0. The Morgan fingerprint density at radius 2 is 1.80 bits per heavy atom. The van der Waals surface area contributed by atoms with Crippen molar-refractivity contribution in [3.8, 4) is 0 Å². The fraction of sp³-hybridized carbons (Fsp3) is 0.909. The van der Waals surface area contributed by atoms with Crippen molar-refractivity contribution in [3.05, 3.63) is 0 Å². The molecule has 0 aromatic carbocycles. The Morgan fingerprint density at radius 1 is 1.27 bits per heavy atom. The number of likely N-dealkylation sites (N-methyl/N-ethyl adjacent to an activating group) is 1. The molecule has 1 saturated carbocycles. The zero-order chi connectivity index (χ0) is 11.5. The van der Waals surface area contributed by atoms with Crippen molar-refractivity contribution in [1.29, 1.82) is 0 Å². The first-order valence-electron chi connectivity index (χ1n) is 5.63. The van der Waals surface area contributed by atoms with E-state index in [1.165, 1.54) is 0 Å². The van der Waals surface area contributed by atoms with Crippen molar-refractivity contribution < 1.29 is 9.90 Å². The van der Waals surface area contributed by atoms with E-state index < -0.39 is 5.54 Å². The van der Waals surface area contributed by atoms with Crippen LogP contribution >= 0.6 is 0 Å². The van der Waals surface area contributed by atoms with Crippen molar-refractivity contribution >= 4 is 5.91 Å². The lowest BCUT2D eigenvalue weighted by molar-refractivity contribution is -0.127. The van der Waals surface area contributed by atoms with Gasteiger partial charge < -0.3 is 15.7 Å². The summed E-state index contributed by atoms with van der Waals surface area (Å²) in [6.45, 7) is 3.72. The lowest BCUT2D eigenvalue weighted by Gasteiger charge is -2.30. The molecular formula is C11H22N2O2. The number of hydrogen-bond acceptors (Lipinski definition) is 3. The first kappa shape index (κ1) is 12.5. The predicted molar refractivity (Wildman–Crippen MR) is 59.5 cm³/mol. The number of aliphatic hydroxyl groups is 1. The predicted octanol–water partition coefficient (Wildman–Crippen LogP) is 0.404. The van der Waals surface area contributed by atoms with Crippen LogP contribution in [0.2, 0.25) is 0 Å². The van der Waals surface area contributed by atoms with Crippen molar-refractivity contribution in [1.82, 2.24) is 10.6 Å². The molecule has 0 aromatic rings. The summed E-state index contributed by atoms with van der Waals surface area (Å²) in [5.74, 6) is 0.0337. The van der Waals surface area contributed by atoms with Crippen LogP contribution in [0.15, 0.2) is 0 Å². The number of hydrogen-bond donors (Lipinski definition) is 3. The van der Waals surface area contributed by atoms with Crippen LogP contribution in [0.25, 0.3) is 0 Å². The van der Waals surface area contributed by atoms with E-state index in [0.29, 0.717) is 0 Å². The minimum Gasteiger partial charge on any atom is -0.393 e. The number of nitrogens with one attached hydrogen (secondary N) is 2. The smallest absolute Gasteiger partial charge is 0.239 e. The third-order valence-corrected chi connectivity index (χ3v) is 3.22. The topological polar surface area (TPSA) is 61.4 Å². The van der Waals surface area contributed by atoms with Crippen LogP contribution in [0.5, 0.6) is 0 Å². The molecule has 0 atom stereocenters. The standard InChI is InChI=1S/C11H22N2O2/c1-11(2,12-3)10(15)13-8-4-6-9(14)7-5-8/h8-9,12,14H,4-7H2,1-3H3,(H,13,15). The molecule has 4 heteroatoms. The fourth-order valence-electron chi connectivity index (χ4n) is 1.70. The van der Waals surface area contributed by atoms with Gasteiger partial charge in [0.15, 0.2) is 0 Å². The highest BCUT2D eigenvalue weighted by Crippen LogP contribution is 2.18. The van der Waals surface area contributed by atoms with Crippen LogP contribution < -0.4 is 10.6 Å². The second kappa shape index (κ2) is 4.94. The van der Waals surface area contributed by atoms with Gasteiger partial charge in [0.1, 0.15) is 0 Å². The van der Waals surface area contributed by atoms with Crippen molar-refractivity contribution in [2.75, 3.05) is 7.05 Å². The monoisotopic (exact) mass is 214 g/mol. The number of carbonyl (C=O) groups is 1. The minimum atomic E-state index is -0.518. The van der Waals surface area contributed by atoms with Crippen LogP contribution in [0, 0.1) is 0 Å². The second-order valence-corrected chi connectivity index (χ2v) is 4.85. The summed E-state index contributed by atoms with van der Waals surface area (Å²) in [5, 5.41) is 15.3. The van der Waals surface area contributed by atoms with Crippen LogP contribution in [0.1, 0.15) is 39.5 Å². The highest BCUT2D eigenvalue weighted by molar-refractivity contribution is 5.85. The average Bonchev–Trinajstić information content (AvgIpc) is 2.21. The summed E-state index contributed by atoms with van der Waals surface area (Å²) in [4.78, 5) is 11.8. The van der Waals surface area contributed by atoms with Crippen molar-refractivity contribution in [2.45, 2.75) is 57.2 Å². The summed E-state index contributed by atoms with van der Waals surface area (Å²) in [6.07, 6.45) is 3.19. The lowest BCUT2D eigenvalue weighted by Crippen LogP contribution is -2.54. The number of aliphatic hydroxyl groups excluding tert-OH is 1. The van der Waals surface area contributed by atoms with Gasteiger partial charge >= 0.3 is 0 Å². The van der Waals surface area contributed by atoms with Gasteiger partial charge in [0.25, 0.3) is 0 Å². The molecule has 0 heterocycles. The molecule has 0 aromatic heterocycles. The van der Waals surface area contributed by atoms with E-state index in [1.54, 1.807) is 7.05 Å². The van der Waals surface area contributed by atoms with E-state index in [1.807, 2.05) is 13.8 Å². The van der Waals surface area contributed by atoms with Gasteiger partial charge in [-0.1, -0.05) is 0 Å². The molecular weight excluding hydrogens is 192 g/mol. The molecule has 1 amide bonds. The molecule has 0 radical (unpaired) electrons. The third-order valence-electron chi connectivity index (χ3n) is 3.22. The summed E-state index contributed by atoms with van der Waals surface area (Å²) in [5.41, 5.74) is -0.518. The van der Waals surface area contributed by atoms with E-state index in [0.717, 1.165) is 25.7 Å². The minimum absolute atomic E-state index is 0.0337. The van der Waals surface area contributed by atoms with Crippen LogP contribution in [-0.4, -0.2) is 35.7 Å². The second-order valence-electron chi connectivity index (χ2n) is 4.85. The summed E-state index contributed by atoms with van der Waals surface area (Å²) < 4.78 is 0. The van der Waals surface area contributed by atoms with Gasteiger partial charge in [0.05, 0.1) is 11.6 Å². The molecule has 4 nitrogen and oxygen atoms in total. The maximum atomic E-state index is 11.8. The van der Waals surface area contributed by atoms with Crippen LogP contribution in [0.3, 0.4) is 0 Å². The summed E-state index contributed by atoms with van der Waals surface area (Å²) in [7, 11) is 1.78. The first-order chi connectivity index (χ1) is 6.95. The Bertz CT molecular complexity index is 221. The van der Waals surface area contributed by atoms with Gasteiger partial charge in [0, 0.05) is 6.04 Å². The van der Waals surface area contributed by atoms with Crippen LogP contribution in [-0.2, 0) is 4.79 Å². The number of carbonyl (C=O) groups excluding carboxylic acids is 1. The molecule has 1 aliphatic rings. The summed E-state index contributed by atoms with van der Waals surface area (Å²) in [6, 6.07) is 0.230. The molecule has 0 saturated heterocycles. The van der Waals surface area contributed by atoms with Crippen molar-refractivity contribution in [3.63, 3.8) is 0 Å². The quantitative estimate of drug-likeness (QED) is 0.637. The van der Waals surface area contributed by atoms with Crippen LogP contribution in [0.4, 0.5) is 0 Å². The Hall–Kier alpha value is -0.610. The normalized spacial score (nSPS) is 27.5. The highest BCUT2D eigenvalue weighted by atomic mass is 16.3. The van der Waals surface area contributed by atoms with Gasteiger partial charge in [-0.3, -0.25) is 4.79 Å². The lowest BCUT2D eigenvalue weighted by atomic mass is 9.92. The number of rotatable bonds is 3. The first-order valence-corrected chi connectivity index (χ1v) is 5.63. The van der Waals surface area contributed by atoms with E-state index in [4.69, 9.17) is 0 Å². The molecule has 0 aliphatic heterocycles. The molecule has 15 heavy (non-hydrogen) atoms. The molecule has 1 fully saturated rings. The largest absolute Gasteiger partial charge is 0.393 e. The van der Waals surface area contributed by atoms with Gasteiger partial charge in [-0.2, -0.15) is 0 Å². The van der Waals surface area contributed by atoms with Gasteiger partial charge in [0.2, 0.25) is 5.91 Å². The van der Waals surface area contributed by atoms with E-state index in [-0.39, 0.29) is 18.1 Å². The molecule has 1 rings (SSSR count). The number of amides is 1. The molecule has 88 valence electrons. The van der Waals surface area contributed by atoms with Gasteiger partial charge in [-0.25, -0.2) is 0 Å². The molecule has 3 N–H and O–H groups in total. The molecule has 0 spiro atoms. The molecule has 1 aliphatic carbocycles. The Morgan fingerprint density at radius 3 is 2.27 bits per heavy atom. The maximum absolute atomic E-state index is 11.8. The van der Waals surface area contributed by atoms with Gasteiger partial charge in [-0.15, -0.1) is 0 Å². The van der Waals surface area contributed by atoms with E-state index >= 15 is 0 Å². The Kier molecular flexibility index (Phi) is 4.11. The SMILES string of the molecule is CNC(C)(C)C(=O)NC1CCC(O)CC1. The Labute approximate surface area is 91.4 Å².